The summed E-state index contributed by atoms with van der Waals surface area (Å²) in [7, 11) is -2.15. The lowest BCUT2D eigenvalue weighted by molar-refractivity contribution is -0.116. The molecule has 0 fully saturated rings. The van der Waals surface area contributed by atoms with Crippen LogP contribution in [0.4, 0.5) is 0 Å². The SMILES string of the molecule is COc1cccc(-c2nc(CS(=O)(=O)CC(=O)Cc3ccc(C)c(Cl)c3)c(C)o2)c1. The summed E-state index contributed by atoms with van der Waals surface area (Å²) >= 11 is 6.07. The van der Waals surface area contributed by atoms with E-state index in [1.807, 2.05) is 6.92 Å². The van der Waals surface area contributed by atoms with E-state index in [2.05, 4.69) is 4.98 Å². The zero-order valence-electron chi connectivity index (χ0n) is 16.9. The van der Waals surface area contributed by atoms with Crippen molar-refractivity contribution in [1.29, 1.82) is 0 Å². The van der Waals surface area contributed by atoms with Crippen molar-refractivity contribution in [2.45, 2.75) is 26.0 Å². The fourth-order valence-corrected chi connectivity index (χ4v) is 4.55. The third-order valence-electron chi connectivity index (χ3n) is 4.58. The summed E-state index contributed by atoms with van der Waals surface area (Å²) < 4.78 is 36.0. The summed E-state index contributed by atoms with van der Waals surface area (Å²) in [4.78, 5) is 16.6. The lowest BCUT2D eigenvalue weighted by Gasteiger charge is -2.05. The van der Waals surface area contributed by atoms with Gasteiger partial charge in [0, 0.05) is 17.0 Å². The lowest BCUT2D eigenvalue weighted by Crippen LogP contribution is -2.20. The van der Waals surface area contributed by atoms with E-state index in [1.54, 1.807) is 56.5 Å². The standard InChI is InChI=1S/C22H22ClNO5S/c1-14-7-8-16(10-20(14)23)9-18(25)12-30(26,27)13-21-15(2)29-22(24-21)17-5-4-6-19(11-17)28-3/h4-8,10-11H,9,12-13H2,1-3H3. The van der Waals surface area contributed by atoms with Crippen LogP contribution in [-0.2, 0) is 26.8 Å². The van der Waals surface area contributed by atoms with Gasteiger partial charge in [0.15, 0.2) is 15.6 Å². The Balaban J connectivity index is 1.71. The molecular formula is C22H22ClNO5S. The largest absolute Gasteiger partial charge is 0.497 e. The number of benzene rings is 2. The molecule has 0 aliphatic carbocycles. The Bertz CT molecular complexity index is 1180. The number of halogens is 1. The van der Waals surface area contributed by atoms with Crippen molar-refractivity contribution in [1.82, 2.24) is 4.98 Å². The molecule has 158 valence electrons. The highest BCUT2D eigenvalue weighted by atomic mass is 35.5. The molecule has 0 aliphatic rings. The van der Waals surface area contributed by atoms with Gasteiger partial charge in [-0.25, -0.2) is 13.4 Å². The molecule has 8 heteroatoms. The number of carbonyl (C=O) groups excluding carboxylic acids is 1. The zero-order valence-corrected chi connectivity index (χ0v) is 18.5. The van der Waals surface area contributed by atoms with Gasteiger partial charge in [0.25, 0.3) is 0 Å². The molecule has 0 saturated carbocycles. The number of methoxy groups -OCH3 is 1. The topological polar surface area (TPSA) is 86.5 Å². The Morgan fingerprint density at radius 3 is 2.63 bits per heavy atom. The van der Waals surface area contributed by atoms with Gasteiger partial charge in [0.2, 0.25) is 5.89 Å². The average Bonchev–Trinajstić information content (AvgIpc) is 3.04. The maximum Gasteiger partial charge on any atom is 0.226 e. The second-order valence-electron chi connectivity index (χ2n) is 7.09. The summed E-state index contributed by atoms with van der Waals surface area (Å²) in [5.74, 6) is 0.00112. The molecule has 0 saturated heterocycles. The van der Waals surface area contributed by atoms with Crippen LogP contribution in [0.2, 0.25) is 5.02 Å². The van der Waals surface area contributed by atoms with Gasteiger partial charge in [-0.3, -0.25) is 4.79 Å². The van der Waals surface area contributed by atoms with Crippen LogP contribution in [0.25, 0.3) is 11.5 Å². The molecule has 6 nitrogen and oxygen atoms in total. The first-order valence-electron chi connectivity index (χ1n) is 9.25. The number of aromatic nitrogens is 1. The number of rotatable bonds is 8. The van der Waals surface area contributed by atoms with E-state index < -0.39 is 21.4 Å². The van der Waals surface area contributed by atoms with Gasteiger partial charge < -0.3 is 9.15 Å². The van der Waals surface area contributed by atoms with E-state index in [-0.39, 0.29) is 12.2 Å². The van der Waals surface area contributed by atoms with Crippen LogP contribution >= 0.6 is 11.6 Å². The Morgan fingerprint density at radius 2 is 1.93 bits per heavy atom. The van der Waals surface area contributed by atoms with E-state index in [0.717, 1.165) is 5.56 Å². The van der Waals surface area contributed by atoms with Gasteiger partial charge >= 0.3 is 0 Å². The molecule has 0 aliphatic heterocycles. The fourth-order valence-electron chi connectivity index (χ4n) is 2.97. The maximum absolute atomic E-state index is 12.6. The van der Waals surface area contributed by atoms with Gasteiger partial charge in [-0.05, 0) is 49.2 Å². The minimum Gasteiger partial charge on any atom is -0.497 e. The van der Waals surface area contributed by atoms with Crippen LogP contribution in [-0.4, -0.2) is 32.0 Å². The van der Waals surface area contributed by atoms with Gasteiger partial charge in [-0.2, -0.15) is 0 Å². The van der Waals surface area contributed by atoms with Crippen molar-refractivity contribution in [3.8, 4) is 17.2 Å². The molecule has 0 unspecified atom stereocenters. The normalized spacial score (nSPS) is 11.5. The van der Waals surface area contributed by atoms with Crippen molar-refractivity contribution in [2.75, 3.05) is 12.9 Å². The number of oxazole rings is 1. The van der Waals surface area contributed by atoms with Gasteiger partial charge in [-0.1, -0.05) is 29.8 Å². The van der Waals surface area contributed by atoms with E-state index >= 15 is 0 Å². The summed E-state index contributed by atoms with van der Waals surface area (Å²) in [5, 5.41) is 0.548. The lowest BCUT2D eigenvalue weighted by atomic mass is 10.1. The summed E-state index contributed by atoms with van der Waals surface area (Å²) in [6.45, 7) is 3.51. The molecule has 0 radical (unpaired) electrons. The molecule has 30 heavy (non-hydrogen) atoms. The number of sulfone groups is 1. The minimum absolute atomic E-state index is 0.00604. The predicted molar refractivity (Wildman–Crippen MR) is 116 cm³/mol. The van der Waals surface area contributed by atoms with Crippen molar-refractivity contribution in [3.63, 3.8) is 0 Å². The second-order valence-corrected chi connectivity index (χ2v) is 9.56. The average molecular weight is 448 g/mol. The number of carbonyl (C=O) groups is 1. The predicted octanol–water partition coefficient (Wildman–Crippen LogP) is 4.35. The number of aryl methyl sites for hydroxylation is 2. The number of hydrogen-bond acceptors (Lipinski definition) is 6. The third-order valence-corrected chi connectivity index (χ3v) is 6.47. The Kier molecular flexibility index (Phi) is 6.63. The van der Waals surface area contributed by atoms with Crippen LogP contribution in [0, 0.1) is 13.8 Å². The molecule has 3 rings (SSSR count). The number of Topliss-reactive ketones (excluding diaryl/α,β-unsaturated/α-hetero) is 1. The van der Waals surface area contributed by atoms with E-state index in [0.29, 0.717) is 39.2 Å². The molecule has 1 aromatic heterocycles. The molecular weight excluding hydrogens is 426 g/mol. The van der Waals surface area contributed by atoms with E-state index in [1.165, 1.54) is 0 Å². The van der Waals surface area contributed by atoms with Crippen LogP contribution in [0.3, 0.4) is 0 Å². The maximum atomic E-state index is 12.6. The van der Waals surface area contributed by atoms with E-state index in [4.69, 9.17) is 20.8 Å². The minimum atomic E-state index is -3.71. The Labute approximate surface area is 180 Å². The fraction of sp³-hybridized carbons (Fsp3) is 0.273. The molecule has 1 heterocycles. The van der Waals surface area contributed by atoms with Gasteiger partial charge in [0.1, 0.15) is 17.3 Å². The van der Waals surface area contributed by atoms with Crippen molar-refractivity contribution >= 4 is 27.2 Å². The van der Waals surface area contributed by atoms with E-state index in [9.17, 15) is 13.2 Å². The van der Waals surface area contributed by atoms with Crippen molar-refractivity contribution in [2.24, 2.45) is 0 Å². The molecule has 0 atom stereocenters. The highest BCUT2D eigenvalue weighted by molar-refractivity contribution is 7.91. The second kappa shape index (κ2) is 9.02. The first kappa shape index (κ1) is 22.1. The zero-order chi connectivity index (χ0) is 21.9. The molecule has 0 spiro atoms. The Morgan fingerprint density at radius 1 is 1.17 bits per heavy atom. The number of nitrogens with zero attached hydrogens (tertiary/aromatic N) is 1. The Hall–Kier alpha value is -2.64. The van der Waals surface area contributed by atoms with Crippen LogP contribution in [0.15, 0.2) is 46.9 Å². The molecule has 3 aromatic rings. The molecule has 0 N–H and O–H groups in total. The number of hydrogen-bond donors (Lipinski definition) is 0. The molecule has 0 bridgehead atoms. The summed E-state index contributed by atoms with van der Waals surface area (Å²) in [6, 6.07) is 12.4. The van der Waals surface area contributed by atoms with Gasteiger partial charge in [0.05, 0.1) is 18.6 Å². The summed E-state index contributed by atoms with van der Waals surface area (Å²) in [6.07, 6.45) is 0.00604. The first-order valence-corrected chi connectivity index (χ1v) is 11.4. The quantitative estimate of drug-likeness (QED) is 0.510. The van der Waals surface area contributed by atoms with Crippen LogP contribution in [0.5, 0.6) is 5.75 Å². The summed E-state index contributed by atoms with van der Waals surface area (Å²) in [5.41, 5.74) is 2.55. The van der Waals surface area contributed by atoms with Crippen LogP contribution < -0.4 is 4.74 Å². The highest BCUT2D eigenvalue weighted by Gasteiger charge is 2.22. The number of ketones is 1. The molecule has 2 aromatic carbocycles. The van der Waals surface area contributed by atoms with Crippen molar-refractivity contribution < 1.29 is 22.4 Å². The number of ether oxygens (including phenoxy) is 1. The van der Waals surface area contributed by atoms with Crippen LogP contribution in [0.1, 0.15) is 22.6 Å². The third kappa shape index (κ3) is 5.49. The van der Waals surface area contributed by atoms with Crippen molar-refractivity contribution in [3.05, 3.63) is 70.1 Å². The molecule has 0 amide bonds. The monoisotopic (exact) mass is 447 g/mol. The van der Waals surface area contributed by atoms with Gasteiger partial charge in [-0.15, -0.1) is 0 Å². The first-order chi connectivity index (χ1) is 14.2. The highest BCUT2D eigenvalue weighted by Crippen LogP contribution is 2.26. The smallest absolute Gasteiger partial charge is 0.226 e.